The highest BCUT2D eigenvalue weighted by atomic mass is 16.4. The molecular formula is C17H31NO2. The highest BCUT2D eigenvalue weighted by Gasteiger charge is 2.29. The monoisotopic (exact) mass is 281 g/mol. The fraction of sp³-hybridized carbons (Fsp3) is 0.941. The van der Waals surface area contributed by atoms with Gasteiger partial charge in [-0.05, 0) is 50.5 Å². The average Bonchev–Trinajstić information content (AvgIpc) is 2.77. The molecule has 3 atom stereocenters. The smallest absolute Gasteiger partial charge is 0.303 e. The molecule has 2 rings (SSSR count). The van der Waals surface area contributed by atoms with Crippen molar-refractivity contribution in [3.8, 4) is 0 Å². The average molecular weight is 281 g/mol. The van der Waals surface area contributed by atoms with Crippen LogP contribution >= 0.6 is 0 Å². The van der Waals surface area contributed by atoms with Crippen LogP contribution in [0.3, 0.4) is 0 Å². The molecular weight excluding hydrogens is 250 g/mol. The molecule has 1 saturated heterocycles. The number of carboxylic acid groups (broad SMARTS) is 1. The summed E-state index contributed by atoms with van der Waals surface area (Å²) in [7, 11) is 0. The summed E-state index contributed by atoms with van der Waals surface area (Å²) in [5.74, 6) is 0.955. The van der Waals surface area contributed by atoms with Crippen LogP contribution in [-0.2, 0) is 4.79 Å². The molecule has 3 unspecified atom stereocenters. The Bertz CT molecular complexity index is 305. The zero-order valence-electron chi connectivity index (χ0n) is 13.0. The van der Waals surface area contributed by atoms with Crippen LogP contribution in [0.2, 0.25) is 0 Å². The Morgan fingerprint density at radius 3 is 2.70 bits per heavy atom. The van der Waals surface area contributed by atoms with Gasteiger partial charge in [0.25, 0.3) is 0 Å². The molecule has 1 aliphatic carbocycles. The number of carbonyl (C=O) groups is 1. The van der Waals surface area contributed by atoms with Gasteiger partial charge < -0.3 is 10.0 Å². The van der Waals surface area contributed by atoms with Crippen molar-refractivity contribution in [1.82, 2.24) is 4.90 Å². The molecule has 0 aromatic heterocycles. The second kappa shape index (κ2) is 8.02. The molecule has 3 nitrogen and oxygen atoms in total. The Kier molecular flexibility index (Phi) is 6.34. The van der Waals surface area contributed by atoms with Gasteiger partial charge in [-0.1, -0.05) is 32.6 Å². The molecule has 0 aromatic carbocycles. The first-order valence-electron chi connectivity index (χ1n) is 8.65. The van der Waals surface area contributed by atoms with Crippen LogP contribution < -0.4 is 0 Å². The third-order valence-electron chi connectivity index (χ3n) is 5.35. The highest BCUT2D eigenvalue weighted by Crippen LogP contribution is 2.32. The SMILES string of the molecule is CCCC1CCCC(N2CCC(CCC(=O)O)C2)CC1. The van der Waals surface area contributed by atoms with Crippen LogP contribution in [0, 0.1) is 11.8 Å². The molecule has 1 saturated carbocycles. The maximum absolute atomic E-state index is 10.7. The summed E-state index contributed by atoms with van der Waals surface area (Å²) in [5.41, 5.74) is 0. The minimum absolute atomic E-state index is 0.349. The Morgan fingerprint density at radius 2 is 1.95 bits per heavy atom. The van der Waals surface area contributed by atoms with Gasteiger partial charge in [0.15, 0.2) is 0 Å². The van der Waals surface area contributed by atoms with Crippen LogP contribution in [0.4, 0.5) is 0 Å². The van der Waals surface area contributed by atoms with E-state index in [-0.39, 0.29) is 0 Å². The van der Waals surface area contributed by atoms with E-state index in [0.29, 0.717) is 12.3 Å². The minimum atomic E-state index is -0.639. The third-order valence-corrected chi connectivity index (χ3v) is 5.35. The fourth-order valence-corrected chi connectivity index (χ4v) is 4.18. The molecule has 0 amide bonds. The second-order valence-corrected chi connectivity index (χ2v) is 6.90. The number of hydrogen-bond acceptors (Lipinski definition) is 2. The van der Waals surface area contributed by atoms with Crippen molar-refractivity contribution in [1.29, 1.82) is 0 Å². The standard InChI is InChI=1S/C17H31NO2/c1-2-4-14-5-3-6-16(9-7-14)18-12-11-15(13-18)8-10-17(19)20/h14-16H,2-13H2,1H3,(H,19,20). The van der Waals surface area contributed by atoms with E-state index in [1.807, 2.05) is 0 Å². The second-order valence-electron chi connectivity index (χ2n) is 6.90. The molecule has 1 N–H and O–H groups in total. The summed E-state index contributed by atoms with van der Waals surface area (Å²) < 4.78 is 0. The Balaban J connectivity index is 1.74. The maximum atomic E-state index is 10.7. The van der Waals surface area contributed by atoms with E-state index in [0.717, 1.165) is 24.9 Å². The number of aliphatic carboxylic acids is 1. The molecule has 116 valence electrons. The molecule has 2 aliphatic rings. The Hall–Kier alpha value is -0.570. The van der Waals surface area contributed by atoms with Crippen molar-refractivity contribution in [2.45, 2.75) is 77.2 Å². The number of rotatable bonds is 6. The van der Waals surface area contributed by atoms with E-state index in [1.165, 1.54) is 57.9 Å². The molecule has 0 spiro atoms. The van der Waals surface area contributed by atoms with Crippen molar-refractivity contribution in [3.05, 3.63) is 0 Å². The predicted molar refractivity (Wildman–Crippen MR) is 81.8 cm³/mol. The van der Waals surface area contributed by atoms with E-state index in [4.69, 9.17) is 5.11 Å². The molecule has 0 bridgehead atoms. The lowest BCUT2D eigenvalue weighted by Crippen LogP contribution is -2.33. The zero-order valence-corrected chi connectivity index (χ0v) is 13.0. The van der Waals surface area contributed by atoms with E-state index in [9.17, 15) is 4.79 Å². The molecule has 1 heterocycles. The van der Waals surface area contributed by atoms with Crippen LogP contribution in [0.5, 0.6) is 0 Å². The molecule has 0 radical (unpaired) electrons. The topological polar surface area (TPSA) is 40.5 Å². The Labute approximate surface area is 123 Å². The van der Waals surface area contributed by atoms with Crippen molar-refractivity contribution in [2.24, 2.45) is 11.8 Å². The number of hydrogen-bond donors (Lipinski definition) is 1. The van der Waals surface area contributed by atoms with Gasteiger partial charge >= 0.3 is 5.97 Å². The summed E-state index contributed by atoms with van der Waals surface area (Å²) in [6, 6.07) is 0.784. The van der Waals surface area contributed by atoms with Crippen molar-refractivity contribution in [3.63, 3.8) is 0 Å². The number of carboxylic acids is 1. The zero-order chi connectivity index (χ0) is 14.4. The van der Waals surface area contributed by atoms with E-state index >= 15 is 0 Å². The van der Waals surface area contributed by atoms with Crippen molar-refractivity contribution in [2.75, 3.05) is 13.1 Å². The fourth-order valence-electron chi connectivity index (χ4n) is 4.18. The first kappa shape index (κ1) is 15.8. The lowest BCUT2D eigenvalue weighted by atomic mass is 9.95. The molecule has 20 heavy (non-hydrogen) atoms. The first-order valence-corrected chi connectivity index (χ1v) is 8.65. The lowest BCUT2D eigenvalue weighted by Gasteiger charge is -2.27. The molecule has 1 aliphatic heterocycles. The molecule has 2 fully saturated rings. The summed E-state index contributed by atoms with van der Waals surface area (Å²) in [6.45, 7) is 4.65. The predicted octanol–water partition coefficient (Wildman–Crippen LogP) is 3.92. The lowest BCUT2D eigenvalue weighted by molar-refractivity contribution is -0.137. The van der Waals surface area contributed by atoms with Gasteiger partial charge in [-0.25, -0.2) is 0 Å². The summed E-state index contributed by atoms with van der Waals surface area (Å²) in [5, 5.41) is 8.79. The quantitative estimate of drug-likeness (QED) is 0.750. The van der Waals surface area contributed by atoms with E-state index in [2.05, 4.69) is 11.8 Å². The van der Waals surface area contributed by atoms with Gasteiger partial charge in [-0.2, -0.15) is 0 Å². The number of likely N-dealkylation sites (tertiary alicyclic amines) is 1. The van der Waals surface area contributed by atoms with Crippen LogP contribution in [0.1, 0.15) is 71.1 Å². The maximum Gasteiger partial charge on any atom is 0.303 e. The van der Waals surface area contributed by atoms with Crippen molar-refractivity contribution < 1.29 is 9.90 Å². The largest absolute Gasteiger partial charge is 0.481 e. The normalized spacial score (nSPS) is 32.1. The minimum Gasteiger partial charge on any atom is -0.481 e. The van der Waals surface area contributed by atoms with Gasteiger partial charge in [-0.3, -0.25) is 4.79 Å². The summed E-state index contributed by atoms with van der Waals surface area (Å²) >= 11 is 0. The van der Waals surface area contributed by atoms with Gasteiger partial charge in [0.2, 0.25) is 0 Å². The first-order chi connectivity index (χ1) is 9.69. The van der Waals surface area contributed by atoms with Gasteiger partial charge in [0, 0.05) is 19.0 Å². The van der Waals surface area contributed by atoms with E-state index < -0.39 is 5.97 Å². The van der Waals surface area contributed by atoms with Crippen molar-refractivity contribution >= 4 is 5.97 Å². The summed E-state index contributed by atoms with van der Waals surface area (Å²) in [4.78, 5) is 13.3. The van der Waals surface area contributed by atoms with Gasteiger partial charge in [0.05, 0.1) is 0 Å². The molecule has 0 aromatic rings. The highest BCUT2D eigenvalue weighted by molar-refractivity contribution is 5.66. The third kappa shape index (κ3) is 4.76. The Morgan fingerprint density at radius 1 is 1.10 bits per heavy atom. The van der Waals surface area contributed by atoms with Crippen LogP contribution in [0.25, 0.3) is 0 Å². The van der Waals surface area contributed by atoms with Crippen LogP contribution in [-0.4, -0.2) is 35.1 Å². The summed E-state index contributed by atoms with van der Waals surface area (Å²) in [6.07, 6.45) is 12.1. The van der Waals surface area contributed by atoms with Gasteiger partial charge in [-0.15, -0.1) is 0 Å². The van der Waals surface area contributed by atoms with Crippen LogP contribution in [0.15, 0.2) is 0 Å². The molecule has 3 heteroatoms. The van der Waals surface area contributed by atoms with Gasteiger partial charge in [0.1, 0.15) is 0 Å². The number of nitrogens with zero attached hydrogens (tertiary/aromatic N) is 1. The van der Waals surface area contributed by atoms with E-state index in [1.54, 1.807) is 0 Å².